The maximum atomic E-state index is 9.83. The third-order valence-electron chi connectivity index (χ3n) is 4.76. The van der Waals surface area contributed by atoms with E-state index in [0.717, 1.165) is 12.8 Å². The fourth-order valence-electron chi connectivity index (χ4n) is 3.29. The predicted molar refractivity (Wildman–Crippen MR) is 46.6 cm³/mol. The van der Waals surface area contributed by atoms with Crippen LogP contribution in [0.25, 0.3) is 0 Å². The molecule has 2 aliphatic carbocycles. The number of fused-ring (bicyclic) bond motifs is 2. The number of hydrogen-bond acceptors (Lipinski definition) is 2. The summed E-state index contributed by atoms with van der Waals surface area (Å²) in [7, 11) is 0. The summed E-state index contributed by atoms with van der Waals surface area (Å²) in [5.41, 5.74) is 0.0446. The van der Waals surface area contributed by atoms with Crippen LogP contribution in [0.5, 0.6) is 0 Å². The third kappa shape index (κ3) is 0.647. The van der Waals surface area contributed by atoms with Crippen LogP contribution in [0.2, 0.25) is 0 Å². The van der Waals surface area contributed by atoms with Crippen LogP contribution in [-0.4, -0.2) is 22.4 Å². The minimum atomic E-state index is -0.508. The first-order chi connectivity index (χ1) is 5.41. The predicted octanol–water partition coefficient (Wildman–Crippen LogP) is 1.16. The molecule has 2 nitrogen and oxygen atoms in total. The van der Waals surface area contributed by atoms with Crippen molar-refractivity contribution in [3.63, 3.8) is 0 Å². The summed E-state index contributed by atoms with van der Waals surface area (Å²) >= 11 is 0. The molecule has 12 heavy (non-hydrogen) atoms. The normalized spacial score (nSPS) is 56.2. The maximum absolute atomic E-state index is 9.83. The van der Waals surface area contributed by atoms with Crippen LogP contribution < -0.4 is 0 Å². The second-order valence-corrected chi connectivity index (χ2v) is 5.22. The van der Waals surface area contributed by atoms with E-state index in [0.29, 0.717) is 5.92 Å². The van der Waals surface area contributed by atoms with Crippen LogP contribution in [-0.2, 0) is 0 Å². The first kappa shape index (κ1) is 8.52. The van der Waals surface area contributed by atoms with Crippen LogP contribution in [0.3, 0.4) is 0 Å². The Bertz CT molecular complexity index is 212. The molecular weight excluding hydrogens is 152 g/mol. The Balaban J connectivity index is 2.44. The van der Waals surface area contributed by atoms with Crippen molar-refractivity contribution in [2.45, 2.75) is 45.8 Å². The highest BCUT2D eigenvalue weighted by atomic mass is 16.3. The molecule has 0 amide bonds. The highest BCUT2D eigenvalue weighted by Crippen LogP contribution is 2.65. The Morgan fingerprint density at radius 2 is 1.75 bits per heavy atom. The van der Waals surface area contributed by atoms with Gasteiger partial charge in [0, 0.05) is 5.41 Å². The van der Waals surface area contributed by atoms with E-state index in [2.05, 4.69) is 20.8 Å². The molecule has 4 atom stereocenters. The fourth-order valence-corrected chi connectivity index (χ4v) is 3.29. The zero-order chi connectivity index (χ0) is 9.15. The molecule has 2 bridgehead atoms. The van der Waals surface area contributed by atoms with E-state index in [4.69, 9.17) is 0 Å². The van der Waals surface area contributed by atoms with Crippen molar-refractivity contribution in [2.24, 2.45) is 16.7 Å². The van der Waals surface area contributed by atoms with Gasteiger partial charge in [-0.2, -0.15) is 0 Å². The second-order valence-electron chi connectivity index (χ2n) is 5.22. The lowest BCUT2D eigenvalue weighted by Crippen LogP contribution is -2.39. The van der Waals surface area contributed by atoms with Crippen LogP contribution in [0.15, 0.2) is 0 Å². The molecule has 0 aromatic carbocycles. The van der Waals surface area contributed by atoms with Gasteiger partial charge in [0.2, 0.25) is 0 Å². The zero-order valence-electron chi connectivity index (χ0n) is 8.04. The van der Waals surface area contributed by atoms with Crippen LogP contribution in [0.4, 0.5) is 0 Å². The lowest BCUT2D eigenvalue weighted by molar-refractivity contribution is -0.0508. The molecule has 2 saturated carbocycles. The van der Waals surface area contributed by atoms with Crippen molar-refractivity contribution < 1.29 is 10.2 Å². The fraction of sp³-hybridized carbons (Fsp3) is 1.00. The van der Waals surface area contributed by atoms with Gasteiger partial charge in [-0.25, -0.2) is 0 Å². The highest BCUT2D eigenvalue weighted by molar-refractivity contribution is 5.14. The molecule has 0 radical (unpaired) electrons. The first-order valence-electron chi connectivity index (χ1n) is 4.77. The molecule has 70 valence electrons. The van der Waals surface area contributed by atoms with Gasteiger partial charge in [0.05, 0.1) is 12.2 Å². The summed E-state index contributed by atoms with van der Waals surface area (Å²) in [6.07, 6.45) is 1.13. The lowest BCUT2D eigenvalue weighted by atomic mass is 9.70. The minimum absolute atomic E-state index is 0.0584. The summed E-state index contributed by atoms with van der Waals surface area (Å²) in [5.74, 6) is 0.303. The molecule has 0 spiro atoms. The van der Waals surface area contributed by atoms with Crippen molar-refractivity contribution in [2.75, 3.05) is 0 Å². The number of aliphatic hydroxyl groups is 2. The summed E-state index contributed by atoms with van der Waals surface area (Å²) in [6, 6.07) is 0. The van der Waals surface area contributed by atoms with Crippen molar-refractivity contribution in [1.29, 1.82) is 0 Å². The van der Waals surface area contributed by atoms with Gasteiger partial charge in [0.25, 0.3) is 0 Å². The van der Waals surface area contributed by atoms with Crippen molar-refractivity contribution >= 4 is 0 Å². The van der Waals surface area contributed by atoms with Crippen LogP contribution in [0.1, 0.15) is 33.6 Å². The minimum Gasteiger partial charge on any atom is -0.390 e. The van der Waals surface area contributed by atoms with E-state index in [-0.39, 0.29) is 10.8 Å². The summed E-state index contributed by atoms with van der Waals surface area (Å²) in [5, 5.41) is 19.6. The smallest absolute Gasteiger partial charge is 0.0860 e. The standard InChI is InChI=1S/C10H18O2/c1-9(2)6-4-5-10(9,3)8(12)7(6)11/h6-8,11-12H,4-5H2,1-3H3/t6-,7+,8+,10+/m0/s1. The SMILES string of the molecule is CC1(C)[C@H]2CC[C@]1(C)[C@H](O)[C@@H]2O. The van der Waals surface area contributed by atoms with E-state index in [9.17, 15) is 10.2 Å². The van der Waals surface area contributed by atoms with E-state index in [1.807, 2.05) is 0 Å². The Morgan fingerprint density at radius 3 is 2.00 bits per heavy atom. The molecule has 2 rings (SSSR count). The van der Waals surface area contributed by atoms with Crippen LogP contribution >= 0.6 is 0 Å². The van der Waals surface area contributed by atoms with E-state index in [1.165, 1.54) is 0 Å². The number of aliphatic hydroxyl groups excluding tert-OH is 2. The first-order valence-corrected chi connectivity index (χ1v) is 4.77. The summed E-state index contributed by atoms with van der Waals surface area (Å²) in [4.78, 5) is 0. The van der Waals surface area contributed by atoms with Gasteiger partial charge < -0.3 is 10.2 Å². The maximum Gasteiger partial charge on any atom is 0.0860 e. The van der Waals surface area contributed by atoms with Gasteiger partial charge in [-0.05, 0) is 24.2 Å². The molecule has 2 fully saturated rings. The van der Waals surface area contributed by atoms with Crippen molar-refractivity contribution in [3.8, 4) is 0 Å². The summed E-state index contributed by atoms with van der Waals surface area (Å²) in [6.45, 7) is 6.45. The van der Waals surface area contributed by atoms with Gasteiger partial charge in [-0.3, -0.25) is 0 Å². The molecule has 0 heterocycles. The van der Waals surface area contributed by atoms with E-state index < -0.39 is 12.2 Å². The van der Waals surface area contributed by atoms with Gasteiger partial charge >= 0.3 is 0 Å². The molecule has 0 unspecified atom stereocenters. The van der Waals surface area contributed by atoms with Gasteiger partial charge in [-0.1, -0.05) is 20.8 Å². The van der Waals surface area contributed by atoms with Crippen molar-refractivity contribution in [1.82, 2.24) is 0 Å². The molecule has 2 aliphatic rings. The second kappa shape index (κ2) is 2.05. The zero-order valence-corrected chi connectivity index (χ0v) is 8.04. The van der Waals surface area contributed by atoms with Gasteiger partial charge in [0.1, 0.15) is 0 Å². The monoisotopic (exact) mass is 170 g/mol. The number of rotatable bonds is 0. The van der Waals surface area contributed by atoms with Gasteiger partial charge in [0.15, 0.2) is 0 Å². The van der Waals surface area contributed by atoms with Gasteiger partial charge in [-0.15, -0.1) is 0 Å². The highest BCUT2D eigenvalue weighted by Gasteiger charge is 2.65. The Morgan fingerprint density at radius 1 is 1.17 bits per heavy atom. The van der Waals surface area contributed by atoms with E-state index in [1.54, 1.807) is 0 Å². The topological polar surface area (TPSA) is 40.5 Å². The Labute approximate surface area is 73.6 Å². The average Bonchev–Trinajstić information content (AvgIpc) is 2.26. The lowest BCUT2D eigenvalue weighted by Gasteiger charge is -2.36. The molecule has 2 N–H and O–H groups in total. The Hall–Kier alpha value is -0.0800. The number of hydrogen-bond donors (Lipinski definition) is 2. The molecule has 0 aromatic heterocycles. The average molecular weight is 170 g/mol. The molecule has 2 heteroatoms. The quantitative estimate of drug-likeness (QED) is 0.573. The third-order valence-corrected chi connectivity index (χ3v) is 4.76. The largest absolute Gasteiger partial charge is 0.390 e. The molecular formula is C10H18O2. The molecule has 0 aromatic rings. The van der Waals surface area contributed by atoms with Crippen molar-refractivity contribution in [3.05, 3.63) is 0 Å². The van der Waals surface area contributed by atoms with Crippen LogP contribution in [0, 0.1) is 16.7 Å². The van der Waals surface area contributed by atoms with E-state index >= 15 is 0 Å². The molecule has 0 aliphatic heterocycles. The Kier molecular flexibility index (Phi) is 1.45. The summed E-state index contributed by atoms with van der Waals surface area (Å²) < 4.78 is 0. The molecule has 0 saturated heterocycles.